The summed E-state index contributed by atoms with van der Waals surface area (Å²) < 4.78 is 4.54. The summed E-state index contributed by atoms with van der Waals surface area (Å²) >= 11 is 1.67. The van der Waals surface area contributed by atoms with Gasteiger partial charge in [0.25, 0.3) is 0 Å². The third-order valence-electron chi connectivity index (χ3n) is 7.30. The molecule has 3 heterocycles. The zero-order valence-corrected chi connectivity index (χ0v) is 16.0. The minimum Gasteiger partial charge on any atom is -0.353 e. The molecule has 2 aliphatic rings. The Balaban J connectivity index is 2.15. The van der Waals surface area contributed by atoms with Gasteiger partial charge in [0, 0.05) is 22.9 Å². The molecule has 2 atom stereocenters. The molecule has 0 saturated heterocycles. The molecule has 1 aromatic heterocycles. The van der Waals surface area contributed by atoms with Crippen molar-refractivity contribution in [1.29, 1.82) is 0 Å². The van der Waals surface area contributed by atoms with Crippen LogP contribution in [-0.2, 0) is 11.0 Å². The van der Waals surface area contributed by atoms with Crippen molar-refractivity contribution >= 4 is 17.2 Å². The summed E-state index contributed by atoms with van der Waals surface area (Å²) in [5, 5.41) is 0. The summed E-state index contributed by atoms with van der Waals surface area (Å²) in [5.74, 6) is 0. The Labute approximate surface area is 143 Å². The van der Waals surface area contributed by atoms with Crippen molar-refractivity contribution in [3.8, 4) is 0 Å². The number of aryl methyl sites for hydroxylation is 1. The number of rotatable bonds is 0. The first-order valence-corrected chi connectivity index (χ1v) is 9.27. The largest absolute Gasteiger partial charge is 0.353 e. The molecule has 1 unspecified atom stereocenters. The number of para-hydroxylation sites is 1. The van der Waals surface area contributed by atoms with Gasteiger partial charge in [0.05, 0.1) is 16.5 Å². The number of nitrogens with zero attached hydrogens (tertiary/aromatic N) is 2. The SMILES string of the molecule is Cc1cccc2c1N1[C@@H](C)c3sncc3C1(C)C(C)(C)C2(C)C. The van der Waals surface area contributed by atoms with E-state index in [2.05, 4.69) is 82.1 Å². The smallest absolute Gasteiger partial charge is 0.0718 e. The van der Waals surface area contributed by atoms with Gasteiger partial charge in [-0.3, -0.25) is 0 Å². The molecule has 2 aromatic rings. The average molecular weight is 327 g/mol. The summed E-state index contributed by atoms with van der Waals surface area (Å²) in [6.07, 6.45) is 2.12. The highest BCUT2D eigenvalue weighted by Crippen LogP contribution is 2.67. The molecular formula is C20H26N2S. The third-order valence-corrected chi connectivity index (χ3v) is 8.27. The van der Waals surface area contributed by atoms with Gasteiger partial charge in [0.1, 0.15) is 0 Å². The highest BCUT2D eigenvalue weighted by Gasteiger charge is 2.64. The van der Waals surface area contributed by atoms with E-state index in [0.29, 0.717) is 6.04 Å². The first-order chi connectivity index (χ1) is 10.7. The molecule has 3 heteroatoms. The molecule has 0 bridgehead atoms. The summed E-state index contributed by atoms with van der Waals surface area (Å²) in [6, 6.07) is 7.19. The lowest BCUT2D eigenvalue weighted by atomic mass is 9.51. The van der Waals surface area contributed by atoms with Gasteiger partial charge in [-0.05, 0) is 48.8 Å². The van der Waals surface area contributed by atoms with Crippen LogP contribution in [0.3, 0.4) is 0 Å². The lowest BCUT2D eigenvalue weighted by molar-refractivity contribution is 0.0650. The summed E-state index contributed by atoms with van der Waals surface area (Å²) in [4.78, 5) is 4.12. The van der Waals surface area contributed by atoms with Gasteiger partial charge in [-0.2, -0.15) is 0 Å². The van der Waals surface area contributed by atoms with Crippen molar-refractivity contribution in [2.75, 3.05) is 4.90 Å². The molecule has 4 rings (SSSR count). The number of benzene rings is 1. The lowest BCUT2D eigenvalue weighted by Crippen LogP contribution is -2.62. The van der Waals surface area contributed by atoms with E-state index in [-0.39, 0.29) is 16.4 Å². The maximum atomic E-state index is 4.54. The molecule has 23 heavy (non-hydrogen) atoms. The molecule has 0 N–H and O–H groups in total. The second-order valence-corrected chi connectivity index (χ2v) is 9.28. The van der Waals surface area contributed by atoms with Crippen LogP contribution in [0.1, 0.15) is 69.2 Å². The van der Waals surface area contributed by atoms with Gasteiger partial charge in [0.2, 0.25) is 0 Å². The van der Waals surface area contributed by atoms with Crippen molar-refractivity contribution in [2.24, 2.45) is 5.41 Å². The predicted octanol–water partition coefficient (Wildman–Crippen LogP) is 5.57. The molecule has 1 aromatic carbocycles. The Morgan fingerprint density at radius 1 is 1.09 bits per heavy atom. The van der Waals surface area contributed by atoms with E-state index in [4.69, 9.17) is 0 Å². The molecule has 122 valence electrons. The fraction of sp³-hybridized carbons (Fsp3) is 0.550. The Morgan fingerprint density at radius 2 is 1.78 bits per heavy atom. The fourth-order valence-corrected chi connectivity index (χ4v) is 5.91. The van der Waals surface area contributed by atoms with Crippen LogP contribution in [0.5, 0.6) is 0 Å². The molecule has 0 spiro atoms. The second-order valence-electron chi connectivity index (χ2n) is 8.44. The van der Waals surface area contributed by atoms with E-state index in [1.165, 1.54) is 27.3 Å². The maximum absolute atomic E-state index is 4.54. The van der Waals surface area contributed by atoms with Gasteiger partial charge in [-0.1, -0.05) is 45.9 Å². The summed E-state index contributed by atoms with van der Waals surface area (Å²) in [6.45, 7) is 16.7. The van der Waals surface area contributed by atoms with E-state index >= 15 is 0 Å². The van der Waals surface area contributed by atoms with Crippen molar-refractivity contribution in [3.63, 3.8) is 0 Å². The van der Waals surface area contributed by atoms with Crippen LogP contribution in [0.4, 0.5) is 5.69 Å². The van der Waals surface area contributed by atoms with Crippen molar-refractivity contribution < 1.29 is 0 Å². The second kappa shape index (κ2) is 4.18. The number of anilines is 1. The van der Waals surface area contributed by atoms with Gasteiger partial charge < -0.3 is 4.90 Å². The van der Waals surface area contributed by atoms with Gasteiger partial charge in [0.15, 0.2) is 0 Å². The van der Waals surface area contributed by atoms with Crippen LogP contribution in [-0.4, -0.2) is 4.37 Å². The van der Waals surface area contributed by atoms with E-state index in [0.717, 1.165) is 0 Å². The number of hydrogen-bond acceptors (Lipinski definition) is 3. The Hall–Kier alpha value is -1.35. The first kappa shape index (κ1) is 15.2. The highest BCUT2D eigenvalue weighted by atomic mass is 32.1. The van der Waals surface area contributed by atoms with E-state index < -0.39 is 0 Å². The van der Waals surface area contributed by atoms with Crippen molar-refractivity contribution in [2.45, 2.75) is 65.5 Å². The molecule has 2 aliphatic heterocycles. The Kier molecular flexibility index (Phi) is 2.76. The van der Waals surface area contributed by atoms with Crippen LogP contribution in [0.15, 0.2) is 24.4 Å². The van der Waals surface area contributed by atoms with Gasteiger partial charge in [-0.15, -0.1) is 0 Å². The number of aromatic nitrogens is 1. The maximum Gasteiger partial charge on any atom is 0.0718 e. The highest BCUT2D eigenvalue weighted by molar-refractivity contribution is 7.06. The predicted molar refractivity (Wildman–Crippen MR) is 98.3 cm³/mol. The molecule has 2 nitrogen and oxygen atoms in total. The molecule has 0 amide bonds. The zero-order chi connectivity index (χ0) is 16.8. The zero-order valence-electron chi connectivity index (χ0n) is 15.2. The molecule has 0 fully saturated rings. The normalized spacial score (nSPS) is 29.9. The van der Waals surface area contributed by atoms with Gasteiger partial charge in [-0.25, -0.2) is 4.37 Å². The fourth-order valence-electron chi connectivity index (χ4n) is 5.03. The van der Waals surface area contributed by atoms with Crippen LogP contribution in [0.25, 0.3) is 0 Å². The molecule has 0 radical (unpaired) electrons. The number of fused-ring (bicyclic) bond motifs is 5. The van der Waals surface area contributed by atoms with Crippen molar-refractivity contribution in [1.82, 2.24) is 4.37 Å². The standard InChI is InChI=1S/C20H26N2S/c1-12-9-8-10-14-16(12)22-13(2)17-15(11-21-23-17)20(22,7)19(5,6)18(14,3)4/h8-11,13H,1-7H3/t13-,20?/m0/s1. The Bertz CT molecular complexity index is 802. The van der Waals surface area contributed by atoms with Crippen LogP contribution < -0.4 is 4.90 Å². The minimum atomic E-state index is -0.0304. The molecular weight excluding hydrogens is 300 g/mol. The van der Waals surface area contributed by atoms with Gasteiger partial charge >= 0.3 is 0 Å². The first-order valence-electron chi connectivity index (χ1n) is 8.50. The van der Waals surface area contributed by atoms with Crippen LogP contribution in [0, 0.1) is 12.3 Å². The summed E-state index contributed by atoms with van der Waals surface area (Å²) in [7, 11) is 0. The third kappa shape index (κ3) is 1.44. The lowest BCUT2D eigenvalue weighted by Gasteiger charge is -2.62. The summed E-state index contributed by atoms with van der Waals surface area (Å²) in [5.41, 5.74) is 5.88. The quantitative estimate of drug-likeness (QED) is 0.629. The van der Waals surface area contributed by atoms with E-state index in [1.54, 1.807) is 11.5 Å². The van der Waals surface area contributed by atoms with E-state index in [1.807, 2.05) is 0 Å². The topological polar surface area (TPSA) is 16.1 Å². The molecule has 0 aliphatic carbocycles. The monoisotopic (exact) mass is 326 g/mol. The van der Waals surface area contributed by atoms with Crippen molar-refractivity contribution in [3.05, 3.63) is 46.0 Å². The van der Waals surface area contributed by atoms with E-state index in [9.17, 15) is 0 Å². The van der Waals surface area contributed by atoms with Crippen LogP contribution in [0.2, 0.25) is 0 Å². The molecule has 0 saturated carbocycles. The minimum absolute atomic E-state index is 0.0304. The average Bonchev–Trinajstić information content (AvgIpc) is 3.03. The Morgan fingerprint density at radius 3 is 2.48 bits per heavy atom. The number of hydrogen-bond donors (Lipinski definition) is 0. The van der Waals surface area contributed by atoms with Crippen LogP contribution >= 0.6 is 11.5 Å².